The van der Waals surface area contributed by atoms with Gasteiger partial charge >= 0.3 is 12.1 Å². The standard InChI is InChI=1S/C43H59N3O10/c1-11-33-43(8)37(45-41(51)56-43)26(4)34(47)24(2)22-42(7,52-19-15-14-16-29-21-30-17-12-13-18-31(30)44-23-29)38(27(5)35(48)28(6)39(50)54-33)55-40-36(49)32(46(9)10)20-25(3)53-40/h12-13,17-18,21,23-28,32-33,36-38,40,49H,11,16,19-20,22H2,1-10H3,(H,45,51)/t24-,25-,26+,27+,28-,32+,33-,36-,37-,38-,40+,42+,43-/m1/s1. The minimum atomic E-state index is -1.39. The summed E-state index contributed by atoms with van der Waals surface area (Å²) in [5, 5.41) is 15.4. The van der Waals surface area contributed by atoms with Gasteiger partial charge in [-0.25, -0.2) is 4.79 Å². The van der Waals surface area contributed by atoms with E-state index in [0.29, 0.717) is 12.8 Å². The van der Waals surface area contributed by atoms with E-state index in [2.05, 4.69) is 22.1 Å². The lowest BCUT2D eigenvalue weighted by Crippen LogP contribution is -2.60. The van der Waals surface area contributed by atoms with Crippen molar-refractivity contribution >= 4 is 34.5 Å². The Morgan fingerprint density at radius 2 is 1.73 bits per heavy atom. The van der Waals surface area contributed by atoms with Gasteiger partial charge in [-0.05, 0) is 78.7 Å². The Morgan fingerprint density at radius 1 is 1.02 bits per heavy atom. The van der Waals surface area contributed by atoms with Crippen LogP contribution >= 0.6 is 0 Å². The number of esters is 1. The summed E-state index contributed by atoms with van der Waals surface area (Å²) in [6, 6.07) is 8.73. The predicted molar refractivity (Wildman–Crippen MR) is 208 cm³/mol. The summed E-state index contributed by atoms with van der Waals surface area (Å²) in [4.78, 5) is 61.8. The predicted octanol–water partition coefficient (Wildman–Crippen LogP) is 4.64. The zero-order chi connectivity index (χ0) is 41.1. The lowest BCUT2D eigenvalue weighted by Gasteiger charge is -2.47. The number of carbonyl (C=O) groups excluding carboxylic acids is 4. The number of aromatic nitrogens is 1. The van der Waals surface area contributed by atoms with E-state index in [9.17, 15) is 24.3 Å². The molecular weight excluding hydrogens is 718 g/mol. The molecule has 3 fully saturated rings. The highest BCUT2D eigenvalue weighted by Crippen LogP contribution is 2.40. The molecule has 0 bridgehead atoms. The number of carbonyl (C=O) groups is 4. The fourth-order valence-corrected chi connectivity index (χ4v) is 8.76. The first-order valence-corrected chi connectivity index (χ1v) is 19.8. The summed E-state index contributed by atoms with van der Waals surface area (Å²) >= 11 is 0. The van der Waals surface area contributed by atoms with Gasteiger partial charge in [0.1, 0.15) is 30.5 Å². The van der Waals surface area contributed by atoms with Crippen LogP contribution in [0.15, 0.2) is 36.5 Å². The molecule has 13 heteroatoms. The topological polar surface area (TPSA) is 163 Å². The number of alkyl carbamates (subject to hydrolysis) is 1. The maximum Gasteiger partial charge on any atom is 0.408 e. The summed E-state index contributed by atoms with van der Waals surface area (Å²) in [7, 11) is 3.73. The maximum atomic E-state index is 14.4. The minimum Gasteiger partial charge on any atom is -0.458 e. The molecular formula is C43H59N3O10. The number of para-hydroxylation sites is 1. The van der Waals surface area contributed by atoms with Gasteiger partial charge in [-0.15, -0.1) is 0 Å². The zero-order valence-electron chi connectivity index (χ0n) is 34.4. The van der Waals surface area contributed by atoms with Crippen molar-refractivity contribution in [3.8, 4) is 11.8 Å². The van der Waals surface area contributed by atoms with E-state index in [1.807, 2.05) is 56.3 Å². The molecule has 0 spiro atoms. The number of hydrogen-bond acceptors (Lipinski definition) is 12. The molecule has 13 nitrogen and oxygen atoms in total. The number of aliphatic hydroxyl groups is 1. The quantitative estimate of drug-likeness (QED) is 0.228. The van der Waals surface area contributed by atoms with Crippen LogP contribution in [0.5, 0.6) is 0 Å². The number of nitrogens with one attached hydrogen (secondary N) is 1. The molecule has 0 radical (unpaired) electrons. The van der Waals surface area contributed by atoms with Crippen molar-refractivity contribution in [1.82, 2.24) is 15.2 Å². The van der Waals surface area contributed by atoms with Gasteiger partial charge in [-0.3, -0.25) is 19.4 Å². The number of Topliss-reactive ketones (excluding diaryl/α,β-unsaturated/α-hetero) is 2. The normalized spacial score (nSPS) is 37.2. The van der Waals surface area contributed by atoms with E-state index in [1.54, 1.807) is 47.7 Å². The van der Waals surface area contributed by atoms with Crippen LogP contribution in [-0.2, 0) is 44.5 Å². The van der Waals surface area contributed by atoms with Crippen LogP contribution in [-0.4, -0.2) is 113 Å². The Balaban J connectivity index is 1.53. The van der Waals surface area contributed by atoms with Crippen molar-refractivity contribution in [2.75, 3.05) is 20.7 Å². The number of ketones is 2. The number of pyridine rings is 1. The number of cyclic esters (lactones) is 1. The Labute approximate surface area is 330 Å². The summed E-state index contributed by atoms with van der Waals surface area (Å²) in [6.45, 7) is 13.6. The number of hydrogen-bond donors (Lipinski definition) is 2. The molecule has 0 unspecified atom stereocenters. The Hall–Kier alpha value is -3.93. The molecule has 3 saturated heterocycles. The van der Waals surface area contributed by atoms with Gasteiger partial charge in [0.05, 0.1) is 29.4 Å². The third-order valence-electron chi connectivity index (χ3n) is 12.0. The van der Waals surface area contributed by atoms with Crippen LogP contribution in [0, 0.1) is 35.5 Å². The van der Waals surface area contributed by atoms with Crippen molar-refractivity contribution in [2.45, 2.75) is 135 Å². The van der Waals surface area contributed by atoms with Crippen molar-refractivity contribution in [2.24, 2.45) is 23.7 Å². The SMILES string of the molecule is CC[C@H]1OC(=O)[C@H](C)C(=O)[C@H](C)[C@@H](O[C@@H]2O[C@H](C)C[C@H](N(C)C)[C@H]2O)[C@@](C)(OCC#CCc2cnc3ccccc3c2)C[C@@H](C)C(=O)[C@H](C)[C@H]2NC(=O)O[C@@]21C. The second-order valence-electron chi connectivity index (χ2n) is 16.5. The molecule has 306 valence electrons. The lowest BCUT2D eigenvalue weighted by atomic mass is 9.73. The van der Waals surface area contributed by atoms with Crippen molar-refractivity contribution < 1.29 is 48.0 Å². The van der Waals surface area contributed by atoms with E-state index in [0.717, 1.165) is 16.5 Å². The molecule has 4 heterocycles. The van der Waals surface area contributed by atoms with E-state index in [4.69, 9.17) is 23.7 Å². The summed E-state index contributed by atoms with van der Waals surface area (Å²) in [6.07, 6.45) is -2.26. The minimum absolute atomic E-state index is 0.0679. The Bertz CT molecular complexity index is 1830. The molecule has 3 aliphatic rings. The monoisotopic (exact) mass is 777 g/mol. The van der Waals surface area contributed by atoms with Crippen LogP contribution in [0.25, 0.3) is 10.9 Å². The number of ether oxygens (including phenoxy) is 5. The third kappa shape index (κ3) is 9.11. The summed E-state index contributed by atoms with van der Waals surface area (Å²) in [5.41, 5.74) is -0.951. The van der Waals surface area contributed by atoms with Gasteiger partial charge in [-0.1, -0.05) is 57.7 Å². The van der Waals surface area contributed by atoms with Crippen LogP contribution in [0.4, 0.5) is 4.79 Å². The lowest BCUT2D eigenvalue weighted by molar-refractivity contribution is -0.296. The number of rotatable bonds is 7. The van der Waals surface area contributed by atoms with Crippen LogP contribution in [0.1, 0.15) is 80.2 Å². The van der Waals surface area contributed by atoms with Gasteiger partial charge in [0.15, 0.2) is 17.7 Å². The van der Waals surface area contributed by atoms with Crippen LogP contribution in [0.3, 0.4) is 0 Å². The smallest absolute Gasteiger partial charge is 0.408 e. The van der Waals surface area contributed by atoms with Gasteiger partial charge in [0.2, 0.25) is 0 Å². The summed E-state index contributed by atoms with van der Waals surface area (Å²) in [5.74, 6) is 1.06. The summed E-state index contributed by atoms with van der Waals surface area (Å²) < 4.78 is 31.3. The van der Waals surface area contributed by atoms with Gasteiger partial charge < -0.3 is 39.0 Å². The Morgan fingerprint density at radius 3 is 2.43 bits per heavy atom. The number of amides is 1. The molecule has 0 aliphatic carbocycles. The number of nitrogens with zero attached hydrogens (tertiary/aromatic N) is 2. The zero-order valence-corrected chi connectivity index (χ0v) is 34.4. The Kier molecular flexibility index (Phi) is 13.6. The van der Waals surface area contributed by atoms with Crippen LogP contribution < -0.4 is 5.32 Å². The number of fused-ring (bicyclic) bond motifs is 2. The molecule has 56 heavy (non-hydrogen) atoms. The number of likely N-dealkylation sites (N-methyl/N-ethyl adjacent to an activating group) is 1. The highest BCUT2D eigenvalue weighted by atomic mass is 16.7. The van der Waals surface area contributed by atoms with Crippen molar-refractivity contribution in [3.05, 3.63) is 42.1 Å². The van der Waals surface area contributed by atoms with Crippen molar-refractivity contribution in [3.63, 3.8) is 0 Å². The number of benzene rings is 1. The molecule has 2 N–H and O–H groups in total. The molecule has 2 aromatic rings. The van der Waals surface area contributed by atoms with Crippen LogP contribution in [0.2, 0.25) is 0 Å². The van der Waals surface area contributed by atoms with E-state index >= 15 is 0 Å². The molecule has 3 aliphatic heterocycles. The first kappa shape index (κ1) is 43.2. The average Bonchev–Trinajstić information content (AvgIpc) is 3.48. The fraction of sp³-hybridized carbons (Fsp3) is 0.651. The first-order chi connectivity index (χ1) is 26.4. The van der Waals surface area contributed by atoms with Gasteiger partial charge in [-0.2, -0.15) is 0 Å². The second-order valence-corrected chi connectivity index (χ2v) is 16.5. The van der Waals surface area contributed by atoms with Crippen molar-refractivity contribution in [1.29, 1.82) is 0 Å². The molecule has 0 saturated carbocycles. The van der Waals surface area contributed by atoms with Gasteiger partial charge in [0, 0.05) is 41.8 Å². The maximum absolute atomic E-state index is 14.4. The third-order valence-corrected chi connectivity index (χ3v) is 12.0. The highest BCUT2D eigenvalue weighted by Gasteiger charge is 2.57. The second kappa shape index (κ2) is 17.7. The van der Waals surface area contributed by atoms with E-state index < -0.39 is 83.4 Å². The highest BCUT2D eigenvalue weighted by molar-refractivity contribution is 6.00. The molecule has 1 amide bonds. The van der Waals surface area contributed by atoms with Gasteiger partial charge in [0.25, 0.3) is 0 Å². The molecule has 13 atom stereocenters. The van der Waals surface area contributed by atoms with E-state index in [1.165, 1.54) is 6.92 Å². The molecule has 1 aromatic carbocycles. The largest absolute Gasteiger partial charge is 0.458 e. The molecule has 5 rings (SSSR count). The number of aliphatic hydroxyl groups excluding tert-OH is 1. The fourth-order valence-electron chi connectivity index (χ4n) is 8.76. The molecule has 1 aromatic heterocycles. The first-order valence-electron chi connectivity index (χ1n) is 19.8. The average molecular weight is 778 g/mol. The van der Waals surface area contributed by atoms with E-state index in [-0.39, 0.29) is 37.4 Å².